The van der Waals surface area contributed by atoms with E-state index in [-0.39, 0.29) is 0 Å². The lowest BCUT2D eigenvalue weighted by atomic mass is 10.1. The summed E-state index contributed by atoms with van der Waals surface area (Å²) in [5, 5.41) is 2.69. The minimum absolute atomic E-state index is 0.500. The first kappa shape index (κ1) is 19.6. The van der Waals surface area contributed by atoms with Crippen LogP contribution in [-0.2, 0) is 10.0 Å². The number of anilines is 3. The fourth-order valence-corrected chi connectivity index (χ4v) is 3.18. The van der Waals surface area contributed by atoms with Gasteiger partial charge in [0.2, 0.25) is 10.0 Å². The predicted molar refractivity (Wildman–Crippen MR) is 111 cm³/mol. The van der Waals surface area contributed by atoms with Crippen LogP contribution in [0.4, 0.5) is 17.2 Å². The molecule has 1 aromatic heterocycles. The zero-order chi connectivity index (χ0) is 20.1. The summed E-state index contributed by atoms with van der Waals surface area (Å²) in [6, 6.07) is 16.4. The summed E-state index contributed by atoms with van der Waals surface area (Å²) in [4.78, 5) is 8.57. The highest BCUT2D eigenvalue weighted by Gasteiger charge is 2.15. The molecule has 146 valence electrons. The van der Waals surface area contributed by atoms with Crippen LogP contribution in [0.3, 0.4) is 0 Å². The lowest BCUT2D eigenvalue weighted by molar-refractivity contribution is 0.416. The number of hydrogen-bond donors (Lipinski definition) is 2. The monoisotopic (exact) mass is 398 g/mol. The normalized spacial score (nSPS) is 11.3. The van der Waals surface area contributed by atoms with Crippen LogP contribution in [0, 0.1) is 0 Å². The van der Waals surface area contributed by atoms with Crippen molar-refractivity contribution in [3.8, 4) is 17.0 Å². The van der Waals surface area contributed by atoms with E-state index in [2.05, 4.69) is 20.0 Å². The minimum atomic E-state index is -3.37. The number of nitrogens with one attached hydrogen (secondary N) is 2. The van der Waals surface area contributed by atoms with Gasteiger partial charge in [0.1, 0.15) is 17.9 Å². The number of sulfonamides is 1. The highest BCUT2D eigenvalue weighted by molar-refractivity contribution is 7.93. The van der Waals surface area contributed by atoms with Crippen LogP contribution < -0.4 is 14.8 Å². The van der Waals surface area contributed by atoms with Gasteiger partial charge in [0.05, 0.1) is 18.1 Å². The van der Waals surface area contributed by atoms with E-state index in [9.17, 15) is 8.42 Å². The molecular formula is C20H22N4O3S. The van der Waals surface area contributed by atoms with Crippen LogP contribution in [0.15, 0.2) is 60.9 Å². The highest BCUT2D eigenvalue weighted by Crippen LogP contribution is 2.29. The van der Waals surface area contributed by atoms with Crippen molar-refractivity contribution in [2.45, 2.75) is 19.1 Å². The third-order valence-electron chi connectivity index (χ3n) is 4.09. The van der Waals surface area contributed by atoms with Gasteiger partial charge in [-0.1, -0.05) is 12.1 Å². The highest BCUT2D eigenvalue weighted by atomic mass is 32.2. The van der Waals surface area contributed by atoms with Gasteiger partial charge in [-0.15, -0.1) is 0 Å². The topological polar surface area (TPSA) is 93.2 Å². The summed E-state index contributed by atoms with van der Waals surface area (Å²) in [5.74, 6) is 1.35. The number of aromatic nitrogens is 2. The fraction of sp³-hybridized carbons (Fsp3) is 0.200. The van der Waals surface area contributed by atoms with Crippen molar-refractivity contribution in [1.82, 2.24) is 9.97 Å². The molecule has 3 aromatic rings. The third kappa shape index (κ3) is 4.58. The van der Waals surface area contributed by atoms with Gasteiger partial charge in [-0.2, -0.15) is 0 Å². The Morgan fingerprint density at radius 3 is 2.32 bits per heavy atom. The van der Waals surface area contributed by atoms with Crippen molar-refractivity contribution in [3.05, 3.63) is 60.9 Å². The Bertz CT molecular complexity index is 1050. The molecule has 2 N–H and O–H groups in total. The van der Waals surface area contributed by atoms with Gasteiger partial charge in [0.15, 0.2) is 0 Å². The Morgan fingerprint density at radius 2 is 1.64 bits per heavy atom. The first-order valence-corrected chi connectivity index (χ1v) is 10.3. The maximum absolute atomic E-state index is 11.9. The largest absolute Gasteiger partial charge is 0.496 e. The van der Waals surface area contributed by atoms with Gasteiger partial charge in [-0.05, 0) is 50.2 Å². The van der Waals surface area contributed by atoms with Crippen LogP contribution in [-0.4, -0.2) is 30.7 Å². The molecule has 7 nitrogen and oxygen atoms in total. The maximum atomic E-state index is 11.9. The average molecular weight is 398 g/mol. The van der Waals surface area contributed by atoms with Crippen molar-refractivity contribution >= 4 is 27.2 Å². The number of ether oxygens (including phenoxy) is 1. The summed E-state index contributed by atoms with van der Waals surface area (Å²) in [6.07, 6.45) is 1.48. The van der Waals surface area contributed by atoms with Crippen LogP contribution in [0.2, 0.25) is 0 Å². The molecule has 0 amide bonds. The summed E-state index contributed by atoms with van der Waals surface area (Å²) >= 11 is 0. The van der Waals surface area contributed by atoms with E-state index in [1.807, 2.05) is 30.3 Å². The molecule has 0 fully saturated rings. The lowest BCUT2D eigenvalue weighted by Crippen LogP contribution is -2.22. The summed E-state index contributed by atoms with van der Waals surface area (Å²) in [6.45, 7) is 3.26. The second kappa shape index (κ2) is 8.26. The molecule has 8 heteroatoms. The van der Waals surface area contributed by atoms with E-state index < -0.39 is 15.3 Å². The van der Waals surface area contributed by atoms with E-state index >= 15 is 0 Å². The number of para-hydroxylation sites is 1. The first-order valence-electron chi connectivity index (χ1n) is 8.73. The van der Waals surface area contributed by atoms with E-state index in [1.165, 1.54) is 6.33 Å². The summed E-state index contributed by atoms with van der Waals surface area (Å²) in [5.41, 5.74) is 2.89. The second-order valence-corrected chi connectivity index (χ2v) is 8.62. The van der Waals surface area contributed by atoms with Gasteiger partial charge in [-0.25, -0.2) is 18.4 Å². The van der Waals surface area contributed by atoms with Crippen molar-refractivity contribution in [2.75, 3.05) is 17.1 Å². The van der Waals surface area contributed by atoms with Gasteiger partial charge in [0, 0.05) is 23.0 Å². The van der Waals surface area contributed by atoms with Gasteiger partial charge in [0.25, 0.3) is 0 Å². The zero-order valence-electron chi connectivity index (χ0n) is 15.9. The quantitative estimate of drug-likeness (QED) is 0.624. The molecule has 0 aliphatic carbocycles. The Kier molecular flexibility index (Phi) is 5.79. The number of nitrogens with zero attached hydrogens (tertiary/aromatic N) is 2. The molecule has 0 saturated carbocycles. The molecule has 0 unspecified atom stereocenters. The zero-order valence-corrected chi connectivity index (χ0v) is 16.7. The minimum Gasteiger partial charge on any atom is -0.496 e. The molecule has 0 aliphatic heterocycles. The van der Waals surface area contributed by atoms with Gasteiger partial charge < -0.3 is 10.1 Å². The summed E-state index contributed by atoms with van der Waals surface area (Å²) in [7, 11) is -1.75. The van der Waals surface area contributed by atoms with Crippen molar-refractivity contribution in [2.24, 2.45) is 0 Å². The summed E-state index contributed by atoms with van der Waals surface area (Å²) < 4.78 is 31.8. The number of methoxy groups -OCH3 is 1. The van der Waals surface area contributed by atoms with Crippen molar-refractivity contribution in [3.63, 3.8) is 0 Å². The van der Waals surface area contributed by atoms with Crippen molar-refractivity contribution in [1.29, 1.82) is 0 Å². The average Bonchev–Trinajstić information content (AvgIpc) is 2.69. The number of benzene rings is 2. The van der Waals surface area contributed by atoms with Crippen LogP contribution in [0.25, 0.3) is 11.3 Å². The molecule has 0 bridgehead atoms. The molecule has 0 radical (unpaired) electrons. The van der Waals surface area contributed by atoms with Crippen LogP contribution in [0.5, 0.6) is 5.75 Å². The molecule has 1 heterocycles. The maximum Gasteiger partial charge on any atom is 0.235 e. The number of rotatable bonds is 7. The molecule has 0 aliphatic rings. The third-order valence-corrected chi connectivity index (χ3v) is 5.85. The van der Waals surface area contributed by atoms with Gasteiger partial charge >= 0.3 is 0 Å². The molecule has 28 heavy (non-hydrogen) atoms. The molecule has 0 spiro atoms. The fourth-order valence-electron chi connectivity index (χ4n) is 2.48. The lowest BCUT2D eigenvalue weighted by Gasteiger charge is -2.12. The number of hydrogen-bond acceptors (Lipinski definition) is 6. The standard InChI is InChI=1S/C20H22N4O3S/c1-14(2)28(25,26)24-16-10-8-15(9-11-16)23-20-12-18(21-13-22-20)17-6-4-5-7-19(17)27-3/h4-14,24H,1-3H3,(H,21,22,23). The Labute approximate surface area is 164 Å². The molecule has 3 rings (SSSR count). The molecule has 2 aromatic carbocycles. The second-order valence-electron chi connectivity index (χ2n) is 6.39. The van der Waals surface area contributed by atoms with E-state index in [0.29, 0.717) is 11.5 Å². The van der Waals surface area contributed by atoms with Crippen LogP contribution in [0.1, 0.15) is 13.8 Å². The Balaban J connectivity index is 1.78. The van der Waals surface area contributed by atoms with Crippen molar-refractivity contribution < 1.29 is 13.2 Å². The molecular weight excluding hydrogens is 376 g/mol. The smallest absolute Gasteiger partial charge is 0.235 e. The molecule has 0 atom stereocenters. The molecule has 0 saturated heterocycles. The van der Waals surface area contributed by atoms with E-state index in [1.54, 1.807) is 45.2 Å². The van der Waals surface area contributed by atoms with E-state index in [4.69, 9.17) is 4.74 Å². The SMILES string of the molecule is COc1ccccc1-c1cc(Nc2ccc(NS(=O)(=O)C(C)C)cc2)ncn1. The van der Waals surface area contributed by atoms with Gasteiger partial charge in [-0.3, -0.25) is 4.72 Å². The van der Waals surface area contributed by atoms with E-state index in [0.717, 1.165) is 22.7 Å². The Hall–Kier alpha value is -3.13. The Morgan fingerprint density at radius 1 is 0.964 bits per heavy atom. The van der Waals surface area contributed by atoms with Crippen LogP contribution >= 0.6 is 0 Å². The predicted octanol–water partition coefficient (Wildman–Crippen LogP) is 4.05. The first-order chi connectivity index (χ1) is 13.4.